The third kappa shape index (κ3) is 2.32. The normalized spacial score (nSPS) is 11.6. The van der Waals surface area contributed by atoms with Crippen LogP contribution in [0.5, 0.6) is 0 Å². The molecule has 0 atom stereocenters. The first-order chi connectivity index (χ1) is 9.15. The van der Waals surface area contributed by atoms with Crippen LogP contribution in [-0.4, -0.2) is 13.4 Å². The van der Waals surface area contributed by atoms with E-state index in [0.29, 0.717) is 5.69 Å². The van der Waals surface area contributed by atoms with E-state index in [9.17, 15) is 8.42 Å². The van der Waals surface area contributed by atoms with Crippen molar-refractivity contribution in [3.8, 4) is 0 Å². The largest absolute Gasteiger partial charge is 0.361 e. The number of H-pyrrole nitrogens is 1. The summed E-state index contributed by atoms with van der Waals surface area (Å²) in [6.45, 7) is 0. The van der Waals surface area contributed by atoms with E-state index in [-0.39, 0.29) is 4.90 Å². The third-order valence-electron chi connectivity index (χ3n) is 2.86. The molecule has 0 aliphatic carbocycles. The fourth-order valence-corrected chi connectivity index (χ4v) is 3.00. The Balaban J connectivity index is 1.96. The molecule has 0 amide bonds. The van der Waals surface area contributed by atoms with E-state index < -0.39 is 10.0 Å². The standard InChI is InChI=1S/C14H12N2O2S/c17-19(18,13-4-2-1-3-5-13)16-12-6-7-14-11(10-12)8-9-15-14/h1-10,15-16H. The van der Waals surface area contributed by atoms with Crippen LogP contribution in [0.15, 0.2) is 65.7 Å². The Morgan fingerprint density at radius 1 is 0.947 bits per heavy atom. The second-order valence-electron chi connectivity index (χ2n) is 4.20. The monoisotopic (exact) mass is 272 g/mol. The highest BCUT2D eigenvalue weighted by atomic mass is 32.2. The molecular formula is C14H12N2O2S. The van der Waals surface area contributed by atoms with E-state index in [1.54, 1.807) is 42.5 Å². The van der Waals surface area contributed by atoms with Crippen molar-refractivity contribution >= 4 is 26.6 Å². The molecule has 0 saturated heterocycles. The molecule has 96 valence electrons. The van der Waals surface area contributed by atoms with Gasteiger partial charge in [0.05, 0.1) is 4.90 Å². The average molecular weight is 272 g/mol. The number of nitrogens with one attached hydrogen (secondary N) is 2. The Morgan fingerprint density at radius 3 is 2.53 bits per heavy atom. The number of aromatic amines is 1. The summed E-state index contributed by atoms with van der Waals surface area (Å²) in [5.41, 5.74) is 1.53. The number of hydrogen-bond acceptors (Lipinski definition) is 2. The van der Waals surface area contributed by atoms with Gasteiger partial charge in [0.1, 0.15) is 0 Å². The maximum Gasteiger partial charge on any atom is 0.261 e. The lowest BCUT2D eigenvalue weighted by Crippen LogP contribution is -2.12. The van der Waals surface area contributed by atoms with E-state index >= 15 is 0 Å². The van der Waals surface area contributed by atoms with Gasteiger partial charge in [-0.25, -0.2) is 8.42 Å². The first-order valence-electron chi connectivity index (χ1n) is 5.80. The molecule has 5 heteroatoms. The van der Waals surface area contributed by atoms with E-state index in [4.69, 9.17) is 0 Å². The van der Waals surface area contributed by atoms with Crippen molar-refractivity contribution < 1.29 is 8.42 Å². The minimum absolute atomic E-state index is 0.254. The van der Waals surface area contributed by atoms with Crippen LogP contribution in [0, 0.1) is 0 Å². The fraction of sp³-hybridized carbons (Fsp3) is 0. The predicted octanol–water partition coefficient (Wildman–Crippen LogP) is 2.97. The predicted molar refractivity (Wildman–Crippen MR) is 75.5 cm³/mol. The van der Waals surface area contributed by atoms with E-state index in [2.05, 4.69) is 9.71 Å². The number of benzene rings is 2. The summed E-state index contributed by atoms with van der Waals surface area (Å²) in [5, 5.41) is 0.966. The topological polar surface area (TPSA) is 62.0 Å². The van der Waals surface area contributed by atoms with Crippen molar-refractivity contribution in [2.24, 2.45) is 0 Å². The fourth-order valence-electron chi connectivity index (χ4n) is 1.93. The van der Waals surface area contributed by atoms with Crippen LogP contribution >= 0.6 is 0 Å². The van der Waals surface area contributed by atoms with Crippen LogP contribution in [0.25, 0.3) is 10.9 Å². The Hall–Kier alpha value is -2.27. The molecule has 4 nitrogen and oxygen atoms in total. The molecule has 2 aromatic carbocycles. The molecule has 0 fully saturated rings. The molecule has 0 aliphatic rings. The van der Waals surface area contributed by atoms with Crippen LogP contribution in [0.2, 0.25) is 0 Å². The van der Waals surface area contributed by atoms with Gasteiger partial charge in [0.15, 0.2) is 0 Å². The molecule has 0 spiro atoms. The lowest BCUT2D eigenvalue weighted by atomic mass is 10.2. The maximum atomic E-state index is 12.2. The second kappa shape index (κ2) is 4.44. The zero-order chi connectivity index (χ0) is 13.3. The number of hydrogen-bond donors (Lipinski definition) is 2. The van der Waals surface area contributed by atoms with Crippen molar-refractivity contribution in [3.05, 3.63) is 60.8 Å². The Labute approximate surface area is 111 Å². The van der Waals surface area contributed by atoms with Crippen molar-refractivity contribution in [1.29, 1.82) is 0 Å². The highest BCUT2D eigenvalue weighted by Gasteiger charge is 2.13. The highest BCUT2D eigenvalue weighted by Crippen LogP contribution is 2.20. The zero-order valence-electron chi connectivity index (χ0n) is 10.00. The lowest BCUT2D eigenvalue weighted by molar-refractivity contribution is 0.601. The van der Waals surface area contributed by atoms with Gasteiger partial charge in [0.2, 0.25) is 0 Å². The van der Waals surface area contributed by atoms with Crippen molar-refractivity contribution in [2.45, 2.75) is 4.90 Å². The van der Waals surface area contributed by atoms with E-state index in [1.165, 1.54) is 0 Å². The van der Waals surface area contributed by atoms with Gasteiger partial charge in [-0.2, -0.15) is 0 Å². The van der Waals surface area contributed by atoms with Gasteiger partial charge in [-0.05, 0) is 36.4 Å². The molecule has 3 rings (SSSR count). The smallest absolute Gasteiger partial charge is 0.261 e. The first-order valence-corrected chi connectivity index (χ1v) is 7.28. The van der Waals surface area contributed by atoms with Gasteiger partial charge < -0.3 is 4.98 Å². The molecule has 0 radical (unpaired) electrons. The van der Waals surface area contributed by atoms with Crippen LogP contribution in [0.1, 0.15) is 0 Å². The van der Waals surface area contributed by atoms with Crippen molar-refractivity contribution in [1.82, 2.24) is 4.98 Å². The minimum Gasteiger partial charge on any atom is -0.361 e. The summed E-state index contributed by atoms with van der Waals surface area (Å²) < 4.78 is 26.9. The van der Waals surface area contributed by atoms with Crippen molar-refractivity contribution in [2.75, 3.05) is 4.72 Å². The number of aromatic nitrogens is 1. The maximum absolute atomic E-state index is 12.2. The highest BCUT2D eigenvalue weighted by molar-refractivity contribution is 7.92. The van der Waals surface area contributed by atoms with E-state index in [0.717, 1.165) is 10.9 Å². The summed E-state index contributed by atoms with van der Waals surface area (Å²) in [6, 6.07) is 15.6. The summed E-state index contributed by atoms with van der Waals surface area (Å²) >= 11 is 0. The molecular weight excluding hydrogens is 260 g/mol. The van der Waals surface area contributed by atoms with Crippen LogP contribution in [-0.2, 0) is 10.0 Å². The lowest BCUT2D eigenvalue weighted by Gasteiger charge is -2.08. The first kappa shape index (κ1) is 11.8. The minimum atomic E-state index is -3.53. The molecule has 1 heterocycles. The average Bonchev–Trinajstić information content (AvgIpc) is 2.87. The number of anilines is 1. The van der Waals surface area contributed by atoms with Gasteiger partial charge in [0.25, 0.3) is 10.0 Å². The van der Waals surface area contributed by atoms with Gasteiger partial charge in [-0.1, -0.05) is 18.2 Å². The van der Waals surface area contributed by atoms with Crippen LogP contribution in [0.3, 0.4) is 0 Å². The molecule has 2 N–H and O–H groups in total. The van der Waals surface area contributed by atoms with Gasteiger partial charge >= 0.3 is 0 Å². The molecule has 3 aromatic rings. The van der Waals surface area contributed by atoms with E-state index in [1.807, 2.05) is 18.3 Å². The second-order valence-corrected chi connectivity index (χ2v) is 5.88. The number of sulfonamides is 1. The Kier molecular flexibility index (Phi) is 2.76. The van der Waals surface area contributed by atoms with Gasteiger partial charge in [-0.3, -0.25) is 4.72 Å². The molecule has 1 aromatic heterocycles. The molecule has 0 saturated carbocycles. The van der Waals surface area contributed by atoms with Gasteiger partial charge in [-0.15, -0.1) is 0 Å². The van der Waals surface area contributed by atoms with Crippen LogP contribution in [0.4, 0.5) is 5.69 Å². The number of rotatable bonds is 3. The summed E-state index contributed by atoms with van der Waals surface area (Å²) in [4.78, 5) is 3.32. The summed E-state index contributed by atoms with van der Waals surface area (Å²) in [7, 11) is -3.53. The number of fused-ring (bicyclic) bond motifs is 1. The summed E-state index contributed by atoms with van der Waals surface area (Å²) in [5.74, 6) is 0. The van der Waals surface area contributed by atoms with Crippen molar-refractivity contribution in [3.63, 3.8) is 0 Å². The quantitative estimate of drug-likeness (QED) is 0.770. The molecule has 0 aliphatic heterocycles. The Morgan fingerprint density at radius 2 is 1.74 bits per heavy atom. The summed E-state index contributed by atoms with van der Waals surface area (Å²) in [6.07, 6.45) is 1.82. The van der Waals surface area contributed by atoms with Gasteiger partial charge in [0, 0.05) is 22.8 Å². The van der Waals surface area contributed by atoms with Crippen LogP contribution < -0.4 is 4.72 Å². The zero-order valence-corrected chi connectivity index (χ0v) is 10.8. The Bertz CT molecular complexity index is 808. The molecule has 0 bridgehead atoms. The third-order valence-corrected chi connectivity index (χ3v) is 4.26. The SMILES string of the molecule is O=S(=O)(Nc1ccc2[nH]ccc2c1)c1ccccc1. The molecule has 19 heavy (non-hydrogen) atoms. The molecule has 0 unspecified atom stereocenters.